The van der Waals surface area contributed by atoms with Crippen LogP contribution in [0, 0.1) is 19.8 Å². The molecule has 0 aromatic heterocycles. The molecule has 1 aliphatic rings. The predicted molar refractivity (Wildman–Crippen MR) is 80.6 cm³/mol. The summed E-state index contributed by atoms with van der Waals surface area (Å²) in [5.41, 5.74) is 3.49. The number of benzene rings is 1. The van der Waals surface area contributed by atoms with Crippen LogP contribution in [0.2, 0.25) is 0 Å². The van der Waals surface area contributed by atoms with Gasteiger partial charge in [-0.25, -0.2) is 0 Å². The molecular formula is C17H25NO2. The molecule has 1 saturated heterocycles. The maximum atomic E-state index is 12.4. The minimum atomic E-state index is -0.327. The average Bonchev–Trinajstić information content (AvgIpc) is 2.43. The summed E-state index contributed by atoms with van der Waals surface area (Å²) in [6.07, 6.45) is 2.16. The van der Waals surface area contributed by atoms with E-state index in [9.17, 15) is 9.90 Å². The Labute approximate surface area is 121 Å². The van der Waals surface area contributed by atoms with E-state index in [1.54, 1.807) is 0 Å². The zero-order chi connectivity index (χ0) is 14.7. The highest BCUT2D eigenvalue weighted by Crippen LogP contribution is 2.21. The maximum absolute atomic E-state index is 12.4. The fraction of sp³-hybridized carbons (Fsp3) is 0.588. The molecule has 1 fully saturated rings. The highest BCUT2D eigenvalue weighted by atomic mass is 16.3. The lowest BCUT2D eigenvalue weighted by Crippen LogP contribution is -2.43. The van der Waals surface area contributed by atoms with Gasteiger partial charge in [-0.3, -0.25) is 4.79 Å². The molecule has 0 bridgehead atoms. The number of amides is 1. The van der Waals surface area contributed by atoms with Gasteiger partial charge in [0.05, 0.1) is 12.5 Å². The molecule has 3 nitrogen and oxygen atoms in total. The molecule has 1 aromatic carbocycles. The minimum Gasteiger partial charge on any atom is -0.393 e. The molecule has 110 valence electrons. The Kier molecular flexibility index (Phi) is 4.81. The van der Waals surface area contributed by atoms with Gasteiger partial charge in [0.15, 0.2) is 0 Å². The quantitative estimate of drug-likeness (QED) is 0.920. The lowest BCUT2D eigenvalue weighted by molar-refractivity contribution is -0.133. The van der Waals surface area contributed by atoms with Crippen LogP contribution in [0.3, 0.4) is 0 Å². The smallest absolute Gasteiger partial charge is 0.227 e. The molecule has 20 heavy (non-hydrogen) atoms. The Hall–Kier alpha value is -1.35. The third-order valence-corrected chi connectivity index (χ3v) is 4.34. The largest absolute Gasteiger partial charge is 0.393 e. The molecule has 1 amide bonds. The summed E-state index contributed by atoms with van der Waals surface area (Å²) in [6, 6.07) is 6.25. The van der Waals surface area contributed by atoms with Crippen LogP contribution in [0.5, 0.6) is 0 Å². The summed E-state index contributed by atoms with van der Waals surface area (Å²) < 4.78 is 0. The summed E-state index contributed by atoms with van der Waals surface area (Å²) in [4.78, 5) is 14.4. The molecule has 3 heteroatoms. The number of carbonyl (C=O) groups is 1. The van der Waals surface area contributed by atoms with E-state index in [4.69, 9.17) is 0 Å². The van der Waals surface area contributed by atoms with Gasteiger partial charge < -0.3 is 10.0 Å². The first kappa shape index (κ1) is 15.0. The number of carbonyl (C=O) groups excluding carboxylic acids is 1. The number of likely N-dealkylation sites (tertiary alicyclic amines) is 1. The van der Waals surface area contributed by atoms with E-state index in [1.165, 1.54) is 11.1 Å². The first-order valence-corrected chi connectivity index (χ1v) is 7.49. The molecule has 0 aliphatic carbocycles. The van der Waals surface area contributed by atoms with E-state index in [-0.39, 0.29) is 17.9 Å². The first-order valence-electron chi connectivity index (χ1n) is 7.49. The zero-order valence-electron chi connectivity index (χ0n) is 12.7. The van der Waals surface area contributed by atoms with Gasteiger partial charge in [0.1, 0.15) is 0 Å². The van der Waals surface area contributed by atoms with E-state index in [0.717, 1.165) is 24.9 Å². The number of nitrogens with zero attached hydrogens (tertiary/aromatic N) is 1. The first-order chi connectivity index (χ1) is 9.47. The van der Waals surface area contributed by atoms with Crippen molar-refractivity contribution < 1.29 is 9.90 Å². The Bertz CT molecular complexity index is 482. The summed E-state index contributed by atoms with van der Waals surface area (Å²) in [5, 5.41) is 9.71. The van der Waals surface area contributed by atoms with Gasteiger partial charge in [-0.05, 0) is 44.7 Å². The van der Waals surface area contributed by atoms with Gasteiger partial charge in [-0.2, -0.15) is 0 Å². The summed E-state index contributed by atoms with van der Waals surface area (Å²) in [5.74, 6) is 0.412. The average molecular weight is 275 g/mol. The van der Waals surface area contributed by atoms with Gasteiger partial charge in [-0.1, -0.05) is 23.8 Å². The van der Waals surface area contributed by atoms with Crippen LogP contribution in [-0.4, -0.2) is 35.1 Å². The number of aliphatic hydroxyl groups is 1. The Morgan fingerprint density at radius 2 is 2.20 bits per heavy atom. The molecular weight excluding hydrogens is 250 g/mol. The molecule has 1 aromatic rings. The van der Waals surface area contributed by atoms with Crippen LogP contribution >= 0.6 is 0 Å². The fourth-order valence-electron chi connectivity index (χ4n) is 2.90. The number of rotatable bonds is 3. The van der Waals surface area contributed by atoms with Crippen molar-refractivity contribution >= 4 is 5.91 Å². The molecule has 2 atom stereocenters. The van der Waals surface area contributed by atoms with E-state index < -0.39 is 0 Å². The van der Waals surface area contributed by atoms with Crippen molar-refractivity contribution in [3.05, 3.63) is 34.9 Å². The van der Waals surface area contributed by atoms with Crippen molar-refractivity contribution in [3.63, 3.8) is 0 Å². The summed E-state index contributed by atoms with van der Waals surface area (Å²) in [6.45, 7) is 7.45. The predicted octanol–water partition coefficient (Wildman–Crippen LogP) is 2.47. The second kappa shape index (κ2) is 6.40. The van der Waals surface area contributed by atoms with Crippen LogP contribution in [0.25, 0.3) is 0 Å². The third kappa shape index (κ3) is 3.60. The monoisotopic (exact) mass is 275 g/mol. The number of hydrogen-bond donors (Lipinski definition) is 1. The normalized spacial score (nSPS) is 20.8. The second-order valence-corrected chi connectivity index (χ2v) is 6.09. The number of aryl methyl sites for hydroxylation is 2. The van der Waals surface area contributed by atoms with E-state index in [0.29, 0.717) is 13.0 Å². The van der Waals surface area contributed by atoms with Crippen molar-refractivity contribution in [2.75, 3.05) is 13.1 Å². The van der Waals surface area contributed by atoms with Crippen molar-refractivity contribution in [1.29, 1.82) is 0 Å². The molecule has 2 rings (SSSR count). The fourth-order valence-corrected chi connectivity index (χ4v) is 2.90. The number of hydrogen-bond acceptors (Lipinski definition) is 2. The van der Waals surface area contributed by atoms with Crippen LogP contribution in [0.4, 0.5) is 0 Å². The van der Waals surface area contributed by atoms with Crippen LogP contribution in [0.15, 0.2) is 18.2 Å². The third-order valence-electron chi connectivity index (χ3n) is 4.34. The topological polar surface area (TPSA) is 40.5 Å². The molecule has 1 N–H and O–H groups in total. The van der Waals surface area contributed by atoms with E-state index in [2.05, 4.69) is 32.0 Å². The van der Waals surface area contributed by atoms with Crippen molar-refractivity contribution in [3.8, 4) is 0 Å². The highest BCUT2D eigenvalue weighted by Gasteiger charge is 2.26. The van der Waals surface area contributed by atoms with Crippen LogP contribution in [0.1, 0.15) is 36.5 Å². The standard InChI is InChI=1S/C17H25NO2/c1-12-6-7-13(2)16(9-12)10-17(20)18-8-4-5-15(11-18)14(3)19/h6-7,9,14-15,19H,4-5,8,10-11H2,1-3H3. The van der Waals surface area contributed by atoms with Gasteiger partial charge in [0.2, 0.25) is 5.91 Å². The van der Waals surface area contributed by atoms with Gasteiger partial charge in [0, 0.05) is 19.0 Å². The van der Waals surface area contributed by atoms with Gasteiger partial charge in [0.25, 0.3) is 0 Å². The maximum Gasteiger partial charge on any atom is 0.227 e. The Morgan fingerprint density at radius 3 is 2.90 bits per heavy atom. The lowest BCUT2D eigenvalue weighted by atomic mass is 9.93. The molecule has 1 heterocycles. The van der Waals surface area contributed by atoms with Crippen molar-refractivity contribution in [1.82, 2.24) is 4.90 Å². The number of piperidine rings is 1. The molecule has 2 unspecified atom stereocenters. The van der Waals surface area contributed by atoms with Gasteiger partial charge >= 0.3 is 0 Å². The van der Waals surface area contributed by atoms with Crippen molar-refractivity contribution in [2.24, 2.45) is 5.92 Å². The van der Waals surface area contributed by atoms with Gasteiger partial charge in [-0.15, -0.1) is 0 Å². The molecule has 0 saturated carbocycles. The summed E-state index contributed by atoms with van der Waals surface area (Å²) in [7, 11) is 0. The molecule has 1 aliphatic heterocycles. The second-order valence-electron chi connectivity index (χ2n) is 6.09. The van der Waals surface area contributed by atoms with E-state index in [1.807, 2.05) is 11.8 Å². The lowest BCUT2D eigenvalue weighted by Gasteiger charge is -2.34. The molecule has 0 radical (unpaired) electrons. The van der Waals surface area contributed by atoms with Crippen LogP contribution in [-0.2, 0) is 11.2 Å². The Morgan fingerprint density at radius 1 is 1.45 bits per heavy atom. The van der Waals surface area contributed by atoms with Crippen molar-refractivity contribution in [2.45, 2.75) is 46.1 Å². The van der Waals surface area contributed by atoms with Crippen LogP contribution < -0.4 is 0 Å². The minimum absolute atomic E-state index is 0.184. The number of aliphatic hydroxyl groups excluding tert-OH is 1. The van der Waals surface area contributed by atoms with E-state index >= 15 is 0 Å². The molecule has 0 spiro atoms. The SMILES string of the molecule is Cc1ccc(C)c(CC(=O)N2CCCC(C(C)O)C2)c1. The summed E-state index contributed by atoms with van der Waals surface area (Å²) >= 11 is 0. The Balaban J connectivity index is 2.02. The highest BCUT2D eigenvalue weighted by molar-refractivity contribution is 5.79. The zero-order valence-corrected chi connectivity index (χ0v) is 12.7.